The van der Waals surface area contributed by atoms with Gasteiger partial charge < -0.3 is 19.5 Å². The summed E-state index contributed by atoms with van der Waals surface area (Å²) < 4.78 is 18.3. The number of urea groups is 1. The van der Waals surface area contributed by atoms with Crippen molar-refractivity contribution >= 4 is 28.9 Å². The van der Waals surface area contributed by atoms with Crippen LogP contribution in [-0.2, 0) is 9.53 Å². The van der Waals surface area contributed by atoms with Crippen molar-refractivity contribution < 1.29 is 28.6 Å². The van der Waals surface area contributed by atoms with Crippen LogP contribution in [0.4, 0.5) is 4.79 Å². The first-order valence-electron chi connectivity index (χ1n) is 10.8. The van der Waals surface area contributed by atoms with Gasteiger partial charge in [-0.25, -0.2) is 19.3 Å². The highest BCUT2D eigenvalue weighted by Crippen LogP contribution is 2.35. The Labute approximate surface area is 195 Å². The average Bonchev–Trinajstić information content (AvgIpc) is 3.27. The summed E-state index contributed by atoms with van der Waals surface area (Å²) in [6.07, 6.45) is 0.341. The molecule has 3 amide bonds. The van der Waals surface area contributed by atoms with Crippen molar-refractivity contribution in [3.63, 3.8) is 0 Å². The minimum absolute atomic E-state index is 0.0124. The second-order valence-corrected chi connectivity index (χ2v) is 7.95. The first kappa shape index (κ1) is 23.0. The van der Waals surface area contributed by atoms with Crippen LogP contribution in [0.25, 0.3) is 22.3 Å². The third-order valence-electron chi connectivity index (χ3n) is 5.23. The second-order valence-electron chi connectivity index (χ2n) is 7.95. The van der Waals surface area contributed by atoms with Crippen molar-refractivity contribution in [2.45, 2.75) is 32.9 Å². The standard InChI is InChI=1S/C23H25N5O6/c1-12(2)28-20-16(11-25-28)15(22(30)34-13(3)21(29)27-23(31)24-4)10-17(26-20)14-5-6-18-19(9-14)33-8-7-32-18/h5-6,9-13H,7-8H2,1-4H3,(H2,24,27,29,31). The zero-order chi connectivity index (χ0) is 24.4. The monoisotopic (exact) mass is 467 g/mol. The summed E-state index contributed by atoms with van der Waals surface area (Å²) in [5.74, 6) is -0.262. The number of carbonyl (C=O) groups excluding carboxylic acids is 3. The predicted octanol–water partition coefficient (Wildman–Crippen LogP) is 2.45. The summed E-state index contributed by atoms with van der Waals surface area (Å²) in [4.78, 5) is 41.4. The van der Waals surface area contributed by atoms with Gasteiger partial charge in [0.1, 0.15) is 13.2 Å². The maximum Gasteiger partial charge on any atom is 0.339 e. The number of aromatic nitrogens is 3. The van der Waals surface area contributed by atoms with E-state index in [0.717, 1.165) is 0 Å². The predicted molar refractivity (Wildman–Crippen MR) is 122 cm³/mol. The van der Waals surface area contributed by atoms with Crippen molar-refractivity contribution in [2.75, 3.05) is 20.3 Å². The first-order valence-corrected chi connectivity index (χ1v) is 10.8. The van der Waals surface area contributed by atoms with E-state index in [0.29, 0.717) is 47.0 Å². The third kappa shape index (κ3) is 4.49. The van der Waals surface area contributed by atoms with Crippen LogP contribution in [-0.4, -0.2) is 59.0 Å². The number of imide groups is 1. The zero-order valence-corrected chi connectivity index (χ0v) is 19.2. The van der Waals surface area contributed by atoms with Crippen molar-refractivity contribution in [3.05, 3.63) is 36.0 Å². The summed E-state index contributed by atoms with van der Waals surface area (Å²) in [6.45, 7) is 6.21. The normalized spacial score (nSPS) is 13.4. The fourth-order valence-corrected chi connectivity index (χ4v) is 3.47. The molecule has 0 aliphatic carbocycles. The molecule has 0 spiro atoms. The van der Waals surface area contributed by atoms with Gasteiger partial charge in [-0.3, -0.25) is 10.1 Å². The lowest BCUT2D eigenvalue weighted by Crippen LogP contribution is -2.43. The number of hydrogen-bond acceptors (Lipinski definition) is 8. The fourth-order valence-electron chi connectivity index (χ4n) is 3.47. The minimum Gasteiger partial charge on any atom is -0.486 e. The summed E-state index contributed by atoms with van der Waals surface area (Å²) in [7, 11) is 1.37. The first-order chi connectivity index (χ1) is 16.3. The van der Waals surface area contributed by atoms with Crippen LogP contribution in [0.1, 0.15) is 37.2 Å². The highest BCUT2D eigenvalue weighted by Gasteiger charge is 2.25. The molecular weight excluding hydrogens is 442 g/mol. The van der Waals surface area contributed by atoms with Crippen LogP contribution in [0.5, 0.6) is 11.5 Å². The van der Waals surface area contributed by atoms with E-state index in [9.17, 15) is 14.4 Å². The van der Waals surface area contributed by atoms with Crippen molar-refractivity contribution in [3.8, 4) is 22.8 Å². The third-order valence-corrected chi connectivity index (χ3v) is 5.23. The molecule has 0 saturated heterocycles. The van der Waals surface area contributed by atoms with Crippen LogP contribution in [0.15, 0.2) is 30.5 Å². The van der Waals surface area contributed by atoms with E-state index in [4.69, 9.17) is 19.2 Å². The molecule has 3 aromatic rings. The zero-order valence-electron chi connectivity index (χ0n) is 19.2. The molecule has 0 bridgehead atoms. The van der Waals surface area contributed by atoms with E-state index in [2.05, 4.69) is 15.7 Å². The molecule has 1 aromatic carbocycles. The molecule has 0 fully saturated rings. The smallest absolute Gasteiger partial charge is 0.339 e. The van der Waals surface area contributed by atoms with Gasteiger partial charge >= 0.3 is 12.0 Å². The van der Waals surface area contributed by atoms with Crippen LogP contribution >= 0.6 is 0 Å². The largest absolute Gasteiger partial charge is 0.486 e. The number of esters is 1. The number of nitrogens with zero attached hydrogens (tertiary/aromatic N) is 3. The van der Waals surface area contributed by atoms with Crippen molar-refractivity contribution in [2.24, 2.45) is 0 Å². The Hall–Kier alpha value is -4.15. The van der Waals surface area contributed by atoms with Gasteiger partial charge in [-0.05, 0) is 45.0 Å². The Morgan fingerprint density at radius 3 is 2.53 bits per heavy atom. The lowest BCUT2D eigenvalue weighted by atomic mass is 10.1. The maximum absolute atomic E-state index is 13.1. The number of benzene rings is 1. The quantitative estimate of drug-likeness (QED) is 0.547. The number of pyridine rings is 1. The second kappa shape index (κ2) is 9.38. The van der Waals surface area contributed by atoms with Gasteiger partial charge in [0.25, 0.3) is 5.91 Å². The van der Waals surface area contributed by atoms with Crippen LogP contribution in [0.3, 0.4) is 0 Å². The summed E-state index contributed by atoms with van der Waals surface area (Å²) >= 11 is 0. The molecule has 2 aromatic heterocycles. The van der Waals surface area contributed by atoms with Gasteiger partial charge in [0.15, 0.2) is 23.3 Å². The Morgan fingerprint density at radius 1 is 1.09 bits per heavy atom. The molecule has 1 atom stereocenters. The molecule has 0 radical (unpaired) electrons. The van der Waals surface area contributed by atoms with Gasteiger partial charge in [0.05, 0.1) is 22.8 Å². The summed E-state index contributed by atoms with van der Waals surface area (Å²) in [6, 6.07) is 6.30. The minimum atomic E-state index is -1.20. The van der Waals surface area contributed by atoms with E-state index in [-0.39, 0.29) is 11.6 Å². The van der Waals surface area contributed by atoms with E-state index < -0.39 is 24.0 Å². The molecule has 11 heteroatoms. The Kier molecular flexibility index (Phi) is 6.35. The van der Waals surface area contributed by atoms with Crippen molar-refractivity contribution in [1.82, 2.24) is 25.4 Å². The summed E-state index contributed by atoms with van der Waals surface area (Å²) in [5, 5.41) is 9.22. The van der Waals surface area contributed by atoms with Crippen molar-refractivity contribution in [1.29, 1.82) is 0 Å². The molecule has 1 unspecified atom stereocenters. The number of fused-ring (bicyclic) bond motifs is 2. The SMILES string of the molecule is CNC(=O)NC(=O)C(C)OC(=O)c1cc(-c2ccc3c(c2)OCCO3)nc2c1cnn2C(C)C. The van der Waals surface area contributed by atoms with Crippen LogP contribution in [0.2, 0.25) is 0 Å². The molecule has 0 saturated carbocycles. The number of amides is 3. The molecule has 178 valence electrons. The number of hydrogen-bond donors (Lipinski definition) is 2. The lowest BCUT2D eigenvalue weighted by Gasteiger charge is -2.19. The Balaban J connectivity index is 1.73. The Morgan fingerprint density at radius 2 is 1.82 bits per heavy atom. The number of carbonyl (C=O) groups is 3. The summed E-state index contributed by atoms with van der Waals surface area (Å²) in [5.41, 5.74) is 1.90. The lowest BCUT2D eigenvalue weighted by molar-refractivity contribution is -0.127. The van der Waals surface area contributed by atoms with Gasteiger partial charge in [-0.2, -0.15) is 5.10 Å². The fraction of sp³-hybridized carbons (Fsp3) is 0.348. The molecule has 11 nitrogen and oxygen atoms in total. The highest BCUT2D eigenvalue weighted by molar-refractivity contribution is 6.05. The molecule has 1 aliphatic heterocycles. The molecule has 2 N–H and O–H groups in total. The molecule has 34 heavy (non-hydrogen) atoms. The molecule has 1 aliphatic rings. The van der Waals surface area contributed by atoms with E-state index in [1.807, 2.05) is 19.9 Å². The van der Waals surface area contributed by atoms with Crippen LogP contribution in [0, 0.1) is 0 Å². The average molecular weight is 467 g/mol. The topological polar surface area (TPSA) is 134 Å². The maximum atomic E-state index is 13.1. The van der Waals surface area contributed by atoms with E-state index in [1.54, 1.807) is 29.1 Å². The Bertz CT molecular complexity index is 1270. The van der Waals surface area contributed by atoms with Gasteiger partial charge in [0.2, 0.25) is 0 Å². The molecular formula is C23H25N5O6. The van der Waals surface area contributed by atoms with Gasteiger partial charge in [-0.15, -0.1) is 0 Å². The van der Waals surface area contributed by atoms with Crippen LogP contribution < -0.4 is 20.1 Å². The molecule has 4 rings (SSSR count). The highest BCUT2D eigenvalue weighted by atomic mass is 16.6. The molecule has 3 heterocycles. The number of ether oxygens (including phenoxy) is 3. The van der Waals surface area contributed by atoms with E-state index >= 15 is 0 Å². The van der Waals surface area contributed by atoms with Gasteiger partial charge in [0, 0.05) is 18.7 Å². The number of nitrogens with one attached hydrogen (secondary N) is 2. The number of rotatable bonds is 5. The van der Waals surface area contributed by atoms with E-state index in [1.165, 1.54) is 14.0 Å². The van der Waals surface area contributed by atoms with Gasteiger partial charge in [-0.1, -0.05) is 0 Å².